The van der Waals surface area contributed by atoms with Gasteiger partial charge in [-0.2, -0.15) is 5.10 Å². The number of H-pyrrole nitrogens is 1. The molecule has 0 amide bonds. The van der Waals surface area contributed by atoms with Gasteiger partial charge in [-0.3, -0.25) is 5.10 Å². The zero-order chi connectivity index (χ0) is 9.26. The molecule has 2 aromatic heterocycles. The molecule has 0 unspecified atom stereocenters. The molecule has 0 aliphatic carbocycles. The summed E-state index contributed by atoms with van der Waals surface area (Å²) in [6.07, 6.45) is 3.27. The van der Waals surface area contributed by atoms with Gasteiger partial charge in [0.2, 0.25) is 0 Å². The van der Waals surface area contributed by atoms with Crippen LogP contribution < -0.4 is 0 Å². The monoisotopic (exact) mass is 195 g/mol. The van der Waals surface area contributed by atoms with E-state index in [1.807, 2.05) is 17.6 Å². The summed E-state index contributed by atoms with van der Waals surface area (Å²) in [5.74, 6) is 0.821. The van der Waals surface area contributed by atoms with Crippen LogP contribution in [0.2, 0.25) is 0 Å². The van der Waals surface area contributed by atoms with Crippen molar-refractivity contribution in [2.45, 2.75) is 13.5 Å². The maximum absolute atomic E-state index is 5.06. The van der Waals surface area contributed by atoms with Crippen molar-refractivity contribution in [3.05, 3.63) is 23.4 Å². The van der Waals surface area contributed by atoms with Gasteiger partial charge in [0.25, 0.3) is 0 Å². The first-order chi connectivity index (χ1) is 6.33. The minimum atomic E-state index is 0.638. The summed E-state index contributed by atoms with van der Waals surface area (Å²) < 4.78 is 7.53. The quantitative estimate of drug-likeness (QED) is 0.747. The van der Waals surface area contributed by atoms with E-state index in [-0.39, 0.29) is 0 Å². The Morgan fingerprint density at radius 1 is 1.69 bits per heavy atom. The molecule has 0 saturated heterocycles. The van der Waals surface area contributed by atoms with Gasteiger partial charge in [-0.05, 0) is 25.2 Å². The molecule has 0 aliphatic heterocycles. The van der Waals surface area contributed by atoms with Gasteiger partial charge in [-0.25, -0.2) is 0 Å². The van der Waals surface area contributed by atoms with Crippen LogP contribution in [-0.4, -0.2) is 14.8 Å². The predicted octanol–water partition coefficient (Wildman–Crippen LogP) is 2.22. The summed E-state index contributed by atoms with van der Waals surface area (Å²) >= 11 is 5.06. The maximum atomic E-state index is 5.06. The molecule has 0 atom stereocenters. The standard InChI is InChI=1S/C8H9N3OS/c1-2-11-7(9-10-8(11)13)6-3-4-12-5-6/h3-5H,2H2,1H3,(H,10,13). The van der Waals surface area contributed by atoms with Crippen LogP contribution in [0.25, 0.3) is 11.4 Å². The SMILES string of the molecule is CCn1c(-c2ccoc2)n[nH]c1=S. The number of hydrogen-bond acceptors (Lipinski definition) is 3. The number of rotatable bonds is 2. The van der Waals surface area contributed by atoms with Crippen molar-refractivity contribution in [1.82, 2.24) is 14.8 Å². The smallest absolute Gasteiger partial charge is 0.195 e. The molecule has 0 spiro atoms. The van der Waals surface area contributed by atoms with E-state index < -0.39 is 0 Å². The van der Waals surface area contributed by atoms with E-state index in [2.05, 4.69) is 10.2 Å². The van der Waals surface area contributed by atoms with Gasteiger partial charge in [0.15, 0.2) is 10.6 Å². The highest BCUT2D eigenvalue weighted by molar-refractivity contribution is 7.71. The normalized spacial score (nSPS) is 10.5. The van der Waals surface area contributed by atoms with Crippen LogP contribution in [0.5, 0.6) is 0 Å². The maximum Gasteiger partial charge on any atom is 0.195 e. The Morgan fingerprint density at radius 3 is 3.15 bits per heavy atom. The molecule has 0 saturated carbocycles. The van der Waals surface area contributed by atoms with Gasteiger partial charge in [-0.15, -0.1) is 0 Å². The third-order valence-electron chi connectivity index (χ3n) is 1.85. The molecule has 0 radical (unpaired) electrons. The van der Waals surface area contributed by atoms with E-state index >= 15 is 0 Å². The molecule has 2 heterocycles. The van der Waals surface area contributed by atoms with E-state index in [9.17, 15) is 0 Å². The summed E-state index contributed by atoms with van der Waals surface area (Å²) in [7, 11) is 0. The molecular formula is C8H9N3OS. The van der Waals surface area contributed by atoms with Crippen LogP contribution in [0.4, 0.5) is 0 Å². The van der Waals surface area contributed by atoms with Crippen molar-refractivity contribution >= 4 is 12.2 Å². The van der Waals surface area contributed by atoms with Crippen LogP contribution in [0.15, 0.2) is 23.0 Å². The number of aromatic amines is 1. The molecule has 0 bridgehead atoms. The fraction of sp³-hybridized carbons (Fsp3) is 0.250. The average Bonchev–Trinajstić information content (AvgIpc) is 2.71. The largest absolute Gasteiger partial charge is 0.472 e. The second-order valence-corrected chi connectivity index (χ2v) is 3.00. The molecule has 2 aromatic rings. The lowest BCUT2D eigenvalue weighted by atomic mass is 10.3. The Labute approximate surface area is 80.2 Å². The lowest BCUT2D eigenvalue weighted by Gasteiger charge is -1.98. The lowest BCUT2D eigenvalue weighted by Crippen LogP contribution is -1.96. The van der Waals surface area contributed by atoms with Crippen molar-refractivity contribution in [1.29, 1.82) is 0 Å². The van der Waals surface area contributed by atoms with Gasteiger partial charge < -0.3 is 8.98 Å². The van der Waals surface area contributed by atoms with Crippen LogP contribution in [0.3, 0.4) is 0 Å². The van der Waals surface area contributed by atoms with Gasteiger partial charge in [-0.1, -0.05) is 0 Å². The van der Waals surface area contributed by atoms with Crippen molar-refractivity contribution < 1.29 is 4.42 Å². The average molecular weight is 195 g/mol. The minimum Gasteiger partial charge on any atom is -0.472 e. The fourth-order valence-corrected chi connectivity index (χ4v) is 1.48. The minimum absolute atomic E-state index is 0.638. The summed E-state index contributed by atoms with van der Waals surface area (Å²) in [4.78, 5) is 0. The second kappa shape index (κ2) is 3.18. The van der Waals surface area contributed by atoms with Gasteiger partial charge >= 0.3 is 0 Å². The molecule has 0 fully saturated rings. The molecule has 1 N–H and O–H groups in total. The zero-order valence-electron chi connectivity index (χ0n) is 7.15. The van der Waals surface area contributed by atoms with E-state index in [1.165, 1.54) is 0 Å². The van der Waals surface area contributed by atoms with E-state index in [1.54, 1.807) is 12.5 Å². The predicted molar refractivity (Wildman–Crippen MR) is 50.8 cm³/mol. The van der Waals surface area contributed by atoms with Crippen LogP contribution in [0.1, 0.15) is 6.92 Å². The number of furan rings is 1. The summed E-state index contributed by atoms with van der Waals surface area (Å²) in [5.41, 5.74) is 0.939. The third-order valence-corrected chi connectivity index (χ3v) is 2.17. The molecule has 68 valence electrons. The molecule has 2 rings (SSSR count). The van der Waals surface area contributed by atoms with E-state index in [0.717, 1.165) is 17.9 Å². The molecule has 13 heavy (non-hydrogen) atoms. The second-order valence-electron chi connectivity index (χ2n) is 2.61. The van der Waals surface area contributed by atoms with Crippen LogP contribution >= 0.6 is 12.2 Å². The van der Waals surface area contributed by atoms with Gasteiger partial charge in [0, 0.05) is 6.54 Å². The lowest BCUT2D eigenvalue weighted by molar-refractivity contribution is 0.567. The Kier molecular flexibility index (Phi) is 2.02. The van der Waals surface area contributed by atoms with Gasteiger partial charge in [0.1, 0.15) is 6.26 Å². The van der Waals surface area contributed by atoms with Crippen molar-refractivity contribution in [3.8, 4) is 11.4 Å². The van der Waals surface area contributed by atoms with E-state index in [0.29, 0.717) is 4.77 Å². The Bertz CT molecular complexity index is 440. The molecular weight excluding hydrogens is 186 g/mol. The van der Waals surface area contributed by atoms with Gasteiger partial charge in [0.05, 0.1) is 11.8 Å². The Hall–Kier alpha value is -1.36. The van der Waals surface area contributed by atoms with Crippen molar-refractivity contribution in [2.24, 2.45) is 0 Å². The Balaban J connectivity index is 2.58. The fourth-order valence-electron chi connectivity index (χ4n) is 1.22. The zero-order valence-corrected chi connectivity index (χ0v) is 7.97. The van der Waals surface area contributed by atoms with Crippen molar-refractivity contribution in [2.75, 3.05) is 0 Å². The van der Waals surface area contributed by atoms with E-state index in [4.69, 9.17) is 16.6 Å². The Morgan fingerprint density at radius 2 is 2.54 bits per heavy atom. The third kappa shape index (κ3) is 1.31. The molecule has 5 heteroatoms. The molecule has 0 aromatic carbocycles. The first kappa shape index (κ1) is 8.25. The first-order valence-electron chi connectivity index (χ1n) is 4.00. The topological polar surface area (TPSA) is 46.8 Å². The summed E-state index contributed by atoms with van der Waals surface area (Å²) in [5, 5.41) is 6.87. The number of nitrogens with one attached hydrogen (secondary N) is 1. The van der Waals surface area contributed by atoms with Crippen LogP contribution in [0, 0.1) is 4.77 Å². The number of nitrogens with zero attached hydrogens (tertiary/aromatic N) is 2. The number of hydrogen-bond donors (Lipinski definition) is 1. The first-order valence-corrected chi connectivity index (χ1v) is 4.41. The summed E-state index contributed by atoms with van der Waals surface area (Å²) in [6, 6.07) is 1.86. The summed E-state index contributed by atoms with van der Waals surface area (Å²) in [6.45, 7) is 2.82. The highest BCUT2D eigenvalue weighted by atomic mass is 32.1. The number of aromatic nitrogens is 3. The molecule has 4 nitrogen and oxygen atoms in total. The van der Waals surface area contributed by atoms with Crippen molar-refractivity contribution in [3.63, 3.8) is 0 Å². The highest BCUT2D eigenvalue weighted by Gasteiger charge is 2.07. The molecule has 0 aliphatic rings. The highest BCUT2D eigenvalue weighted by Crippen LogP contribution is 2.16. The van der Waals surface area contributed by atoms with Crippen LogP contribution in [-0.2, 0) is 6.54 Å².